The molecular weight excluding hydrogens is 751 g/mol. The van der Waals surface area contributed by atoms with Crippen LogP contribution in [-0.2, 0) is 0 Å². The van der Waals surface area contributed by atoms with E-state index in [1.54, 1.807) is 0 Å². The highest BCUT2D eigenvalue weighted by Gasteiger charge is 2.21. The lowest BCUT2D eigenvalue weighted by Crippen LogP contribution is -2.12. The highest BCUT2D eigenvalue weighted by atomic mass is 16.3. The number of benzene rings is 11. The molecule has 12 aromatic rings. The Kier molecular flexibility index (Phi) is 8.53. The second kappa shape index (κ2) is 14.8. The van der Waals surface area contributed by atoms with E-state index in [9.17, 15) is 0 Å². The average molecular weight is 790 g/mol. The van der Waals surface area contributed by atoms with E-state index in [4.69, 9.17) is 4.42 Å². The van der Waals surface area contributed by atoms with Gasteiger partial charge in [0.2, 0.25) is 0 Å². The molecule has 12 rings (SSSR count). The number of hydrogen-bond acceptors (Lipinski definition) is 2. The van der Waals surface area contributed by atoms with Gasteiger partial charge in [-0.1, -0.05) is 188 Å². The van der Waals surface area contributed by atoms with Gasteiger partial charge < -0.3 is 9.32 Å². The predicted molar refractivity (Wildman–Crippen MR) is 263 cm³/mol. The Morgan fingerprint density at radius 2 is 0.774 bits per heavy atom. The van der Waals surface area contributed by atoms with E-state index in [-0.39, 0.29) is 0 Å². The summed E-state index contributed by atoms with van der Waals surface area (Å²) in [5.74, 6) is 0. The summed E-state index contributed by atoms with van der Waals surface area (Å²) in [6, 6.07) is 85.6. The Bertz CT molecular complexity index is 3630. The van der Waals surface area contributed by atoms with Gasteiger partial charge in [-0.25, -0.2) is 0 Å². The van der Waals surface area contributed by atoms with Crippen LogP contribution >= 0.6 is 0 Å². The maximum Gasteiger partial charge on any atom is 0.136 e. The minimum Gasteiger partial charge on any atom is -0.456 e. The first-order valence-electron chi connectivity index (χ1n) is 21.2. The molecule has 0 unspecified atom stereocenters. The van der Waals surface area contributed by atoms with Gasteiger partial charge in [-0.15, -0.1) is 0 Å². The topological polar surface area (TPSA) is 16.4 Å². The molecule has 0 aliphatic carbocycles. The molecule has 0 saturated heterocycles. The lowest BCUT2D eigenvalue weighted by molar-refractivity contribution is 0.669. The van der Waals surface area contributed by atoms with Crippen LogP contribution < -0.4 is 4.90 Å². The summed E-state index contributed by atoms with van der Waals surface area (Å²) >= 11 is 0. The van der Waals surface area contributed by atoms with Gasteiger partial charge in [0.15, 0.2) is 0 Å². The second-order valence-electron chi connectivity index (χ2n) is 16.1. The molecule has 0 amide bonds. The summed E-state index contributed by atoms with van der Waals surface area (Å²) in [7, 11) is 0. The third-order valence-electron chi connectivity index (χ3n) is 12.5. The molecule has 1 heterocycles. The Hall–Kier alpha value is -8.20. The molecule has 0 aliphatic heterocycles. The fourth-order valence-corrected chi connectivity index (χ4v) is 9.43. The van der Waals surface area contributed by atoms with Crippen LogP contribution in [0.1, 0.15) is 0 Å². The van der Waals surface area contributed by atoms with Gasteiger partial charge in [0.1, 0.15) is 11.2 Å². The van der Waals surface area contributed by atoms with Crippen LogP contribution in [0, 0.1) is 0 Å². The summed E-state index contributed by atoms with van der Waals surface area (Å²) in [5.41, 5.74) is 14.4. The molecule has 0 aliphatic rings. The predicted octanol–water partition coefficient (Wildman–Crippen LogP) is 17.2. The summed E-state index contributed by atoms with van der Waals surface area (Å²) in [6.07, 6.45) is 0. The van der Waals surface area contributed by atoms with Crippen LogP contribution in [-0.4, -0.2) is 0 Å². The van der Waals surface area contributed by atoms with Gasteiger partial charge in [-0.3, -0.25) is 0 Å². The molecule has 0 spiro atoms. The summed E-state index contributed by atoms with van der Waals surface area (Å²) < 4.78 is 6.29. The molecule has 0 N–H and O–H groups in total. The molecule has 0 bridgehead atoms. The van der Waals surface area contributed by atoms with Crippen molar-refractivity contribution in [2.45, 2.75) is 0 Å². The molecule has 11 aromatic carbocycles. The summed E-state index contributed by atoms with van der Waals surface area (Å²) in [6.45, 7) is 0. The highest BCUT2D eigenvalue weighted by Crippen LogP contribution is 2.46. The largest absolute Gasteiger partial charge is 0.456 e. The summed E-state index contributed by atoms with van der Waals surface area (Å²) in [4.78, 5) is 2.43. The van der Waals surface area contributed by atoms with E-state index in [1.807, 2.05) is 12.1 Å². The summed E-state index contributed by atoms with van der Waals surface area (Å²) in [5, 5.41) is 9.76. The molecule has 0 saturated carbocycles. The fraction of sp³-hybridized carbons (Fsp3) is 0. The number of rotatable bonds is 7. The zero-order valence-corrected chi connectivity index (χ0v) is 33.9. The third kappa shape index (κ3) is 6.12. The Morgan fingerprint density at radius 3 is 1.58 bits per heavy atom. The number of hydrogen-bond donors (Lipinski definition) is 0. The monoisotopic (exact) mass is 789 g/mol. The highest BCUT2D eigenvalue weighted by molar-refractivity contribution is 6.13. The molecule has 2 heteroatoms. The van der Waals surface area contributed by atoms with Crippen molar-refractivity contribution in [3.05, 3.63) is 237 Å². The quantitative estimate of drug-likeness (QED) is 0.150. The van der Waals surface area contributed by atoms with Crippen LogP contribution in [0.2, 0.25) is 0 Å². The maximum absolute atomic E-state index is 6.29. The number of furan rings is 1. The van der Waals surface area contributed by atoms with Crippen molar-refractivity contribution in [3.63, 3.8) is 0 Å². The van der Waals surface area contributed by atoms with Crippen LogP contribution in [0.5, 0.6) is 0 Å². The zero-order valence-electron chi connectivity index (χ0n) is 33.9. The first-order chi connectivity index (χ1) is 30.7. The molecule has 2 nitrogen and oxygen atoms in total. The smallest absolute Gasteiger partial charge is 0.136 e. The van der Waals surface area contributed by atoms with Gasteiger partial charge in [0.25, 0.3) is 0 Å². The molecule has 0 radical (unpaired) electrons. The number of nitrogens with zero attached hydrogens (tertiary/aromatic N) is 1. The molecule has 1 aromatic heterocycles. The Balaban J connectivity index is 1.01. The normalized spacial score (nSPS) is 11.5. The van der Waals surface area contributed by atoms with E-state index in [0.717, 1.165) is 66.8 Å². The zero-order chi connectivity index (χ0) is 41.0. The van der Waals surface area contributed by atoms with E-state index in [0.29, 0.717) is 0 Å². The Morgan fingerprint density at radius 1 is 0.274 bits per heavy atom. The van der Waals surface area contributed by atoms with E-state index in [1.165, 1.54) is 49.0 Å². The van der Waals surface area contributed by atoms with Crippen LogP contribution in [0.4, 0.5) is 17.1 Å². The first kappa shape index (κ1) is 35.7. The lowest BCUT2D eigenvalue weighted by atomic mass is 9.94. The average Bonchev–Trinajstić information content (AvgIpc) is 3.74. The standard InChI is InChI=1S/C60H39NO/c1-2-14-45-38-46(30-26-40(45)12-1)41-24-27-43(28-25-41)52-16-5-8-20-56(52)61(49-35-32-44(33-36-49)54-19-11-23-59-60(54)55-18-7-10-22-58(55)62-59)57-21-9-6-17-53(57)48-34-37-51-47(39-48)31-29-42-13-3-4-15-50(42)51/h1-39H. The molecule has 0 atom stereocenters. The van der Waals surface area contributed by atoms with Crippen LogP contribution in [0.15, 0.2) is 241 Å². The minimum atomic E-state index is 0.896. The Labute approximate surface area is 360 Å². The minimum absolute atomic E-state index is 0.896. The van der Waals surface area contributed by atoms with Crippen molar-refractivity contribution in [1.29, 1.82) is 0 Å². The van der Waals surface area contributed by atoms with Crippen molar-refractivity contribution in [1.82, 2.24) is 0 Å². The first-order valence-corrected chi connectivity index (χ1v) is 21.2. The van der Waals surface area contributed by atoms with E-state index >= 15 is 0 Å². The maximum atomic E-state index is 6.29. The fourth-order valence-electron chi connectivity index (χ4n) is 9.43. The van der Waals surface area contributed by atoms with Crippen molar-refractivity contribution in [2.24, 2.45) is 0 Å². The molecule has 62 heavy (non-hydrogen) atoms. The van der Waals surface area contributed by atoms with Crippen LogP contribution in [0.3, 0.4) is 0 Å². The number of para-hydroxylation sites is 3. The second-order valence-corrected chi connectivity index (χ2v) is 16.1. The van der Waals surface area contributed by atoms with E-state index < -0.39 is 0 Å². The molecular formula is C60H39NO. The number of anilines is 3. The SMILES string of the molecule is c1ccc(N(c2ccc(-c3cccc4oc5ccccc5c34)cc2)c2ccccc2-c2ccc3c(ccc4ccccc43)c2)c(-c2ccc(-c3ccc4ccccc4c3)cc2)c1. The van der Waals surface area contributed by atoms with Crippen molar-refractivity contribution in [2.75, 3.05) is 4.90 Å². The third-order valence-corrected chi connectivity index (χ3v) is 12.5. The van der Waals surface area contributed by atoms with Gasteiger partial charge in [0, 0.05) is 27.6 Å². The molecule has 290 valence electrons. The van der Waals surface area contributed by atoms with Gasteiger partial charge in [-0.05, 0) is 114 Å². The van der Waals surface area contributed by atoms with Gasteiger partial charge >= 0.3 is 0 Å². The van der Waals surface area contributed by atoms with Crippen molar-refractivity contribution < 1.29 is 4.42 Å². The van der Waals surface area contributed by atoms with Crippen molar-refractivity contribution in [3.8, 4) is 44.5 Å². The lowest BCUT2D eigenvalue weighted by Gasteiger charge is -2.30. The van der Waals surface area contributed by atoms with Gasteiger partial charge in [-0.2, -0.15) is 0 Å². The van der Waals surface area contributed by atoms with Crippen LogP contribution in [0.25, 0.3) is 98.8 Å². The van der Waals surface area contributed by atoms with Gasteiger partial charge in [0.05, 0.1) is 11.4 Å². The van der Waals surface area contributed by atoms with E-state index in [2.05, 4.69) is 229 Å². The number of fused-ring (bicyclic) bond motifs is 7. The van der Waals surface area contributed by atoms with Crippen molar-refractivity contribution >= 4 is 71.3 Å². The molecule has 0 fully saturated rings.